The molecule has 0 saturated carbocycles. The second-order valence-electron chi connectivity index (χ2n) is 4.83. The third kappa shape index (κ3) is 3.68. The van der Waals surface area contributed by atoms with E-state index < -0.39 is 0 Å². The van der Waals surface area contributed by atoms with Gasteiger partial charge in [-0.2, -0.15) is 0 Å². The zero-order chi connectivity index (χ0) is 13.7. The van der Waals surface area contributed by atoms with Gasteiger partial charge in [0.25, 0.3) is 0 Å². The van der Waals surface area contributed by atoms with Gasteiger partial charge in [-0.3, -0.25) is 4.79 Å². The largest absolute Gasteiger partial charge is 0.356 e. The third-order valence-electron chi connectivity index (χ3n) is 3.24. The molecule has 2 aromatic carbocycles. The van der Waals surface area contributed by atoms with E-state index in [0.717, 1.165) is 0 Å². The second-order valence-corrected chi connectivity index (χ2v) is 4.83. The van der Waals surface area contributed by atoms with Crippen molar-refractivity contribution >= 4 is 5.91 Å². The predicted molar refractivity (Wildman–Crippen MR) is 79.0 cm³/mol. The monoisotopic (exact) mass is 253 g/mol. The molecule has 1 atom stereocenters. The lowest BCUT2D eigenvalue weighted by atomic mass is 9.97. The molecule has 0 bridgehead atoms. The molecular formula is C17H19NO. The van der Waals surface area contributed by atoms with E-state index in [4.69, 9.17) is 0 Å². The molecule has 2 rings (SSSR count). The Hall–Kier alpha value is -2.09. The SMILES string of the molecule is CC(=O)NCC(C)c1ccc(-c2ccccc2)cc1. The number of hydrogen-bond acceptors (Lipinski definition) is 1. The summed E-state index contributed by atoms with van der Waals surface area (Å²) in [6, 6.07) is 18.9. The zero-order valence-corrected chi connectivity index (χ0v) is 11.4. The van der Waals surface area contributed by atoms with E-state index in [1.54, 1.807) is 6.92 Å². The predicted octanol–water partition coefficient (Wildman–Crippen LogP) is 3.59. The average Bonchev–Trinajstić information content (AvgIpc) is 2.46. The van der Waals surface area contributed by atoms with Crippen molar-refractivity contribution < 1.29 is 4.79 Å². The first-order valence-corrected chi connectivity index (χ1v) is 6.56. The highest BCUT2D eigenvalue weighted by molar-refractivity contribution is 5.72. The smallest absolute Gasteiger partial charge is 0.216 e. The fourth-order valence-electron chi connectivity index (χ4n) is 2.05. The van der Waals surface area contributed by atoms with E-state index in [0.29, 0.717) is 12.5 Å². The Morgan fingerprint density at radius 1 is 1.00 bits per heavy atom. The number of carbonyl (C=O) groups is 1. The van der Waals surface area contributed by atoms with Crippen LogP contribution >= 0.6 is 0 Å². The van der Waals surface area contributed by atoms with Crippen molar-refractivity contribution in [3.63, 3.8) is 0 Å². The van der Waals surface area contributed by atoms with Gasteiger partial charge in [0, 0.05) is 13.5 Å². The van der Waals surface area contributed by atoms with Gasteiger partial charge in [-0.25, -0.2) is 0 Å². The van der Waals surface area contributed by atoms with Gasteiger partial charge in [-0.15, -0.1) is 0 Å². The first-order chi connectivity index (χ1) is 9.16. The summed E-state index contributed by atoms with van der Waals surface area (Å²) in [5.41, 5.74) is 3.69. The number of carbonyl (C=O) groups excluding carboxylic acids is 1. The summed E-state index contributed by atoms with van der Waals surface area (Å²) in [7, 11) is 0. The average molecular weight is 253 g/mol. The highest BCUT2D eigenvalue weighted by atomic mass is 16.1. The topological polar surface area (TPSA) is 29.1 Å². The lowest BCUT2D eigenvalue weighted by Gasteiger charge is -2.13. The van der Waals surface area contributed by atoms with Crippen LogP contribution in [0.1, 0.15) is 25.3 Å². The number of amides is 1. The molecule has 0 fully saturated rings. The molecule has 0 saturated heterocycles. The molecule has 2 nitrogen and oxygen atoms in total. The molecular weight excluding hydrogens is 234 g/mol. The molecule has 0 aliphatic heterocycles. The Balaban J connectivity index is 2.08. The maximum atomic E-state index is 10.9. The van der Waals surface area contributed by atoms with Crippen molar-refractivity contribution in [2.45, 2.75) is 19.8 Å². The van der Waals surface area contributed by atoms with E-state index in [9.17, 15) is 4.79 Å². The Morgan fingerprint density at radius 3 is 2.16 bits per heavy atom. The van der Waals surface area contributed by atoms with Crippen LogP contribution in [0.4, 0.5) is 0 Å². The van der Waals surface area contributed by atoms with E-state index in [1.165, 1.54) is 16.7 Å². The van der Waals surface area contributed by atoms with E-state index in [1.807, 2.05) is 18.2 Å². The molecule has 0 aliphatic carbocycles. The Bertz CT molecular complexity index is 531. The molecule has 0 aliphatic rings. The standard InChI is InChI=1S/C17H19NO/c1-13(12-18-14(2)19)15-8-10-17(11-9-15)16-6-4-3-5-7-16/h3-11,13H,12H2,1-2H3,(H,18,19). The molecule has 0 radical (unpaired) electrons. The van der Waals surface area contributed by atoms with E-state index >= 15 is 0 Å². The minimum Gasteiger partial charge on any atom is -0.356 e. The van der Waals surface area contributed by atoms with E-state index in [-0.39, 0.29) is 5.91 Å². The molecule has 0 heterocycles. The number of nitrogens with one attached hydrogen (secondary N) is 1. The zero-order valence-electron chi connectivity index (χ0n) is 11.4. The molecule has 1 amide bonds. The molecule has 2 aromatic rings. The van der Waals surface area contributed by atoms with Crippen molar-refractivity contribution in [3.8, 4) is 11.1 Å². The molecule has 0 aromatic heterocycles. The highest BCUT2D eigenvalue weighted by Crippen LogP contribution is 2.22. The van der Waals surface area contributed by atoms with Crippen LogP contribution in [0.15, 0.2) is 54.6 Å². The molecule has 19 heavy (non-hydrogen) atoms. The Labute approximate surface area is 114 Å². The van der Waals surface area contributed by atoms with Gasteiger partial charge in [-0.05, 0) is 22.6 Å². The van der Waals surface area contributed by atoms with Gasteiger partial charge in [0.05, 0.1) is 0 Å². The third-order valence-corrected chi connectivity index (χ3v) is 3.24. The molecule has 2 heteroatoms. The summed E-state index contributed by atoms with van der Waals surface area (Å²) in [5, 5.41) is 2.85. The first kappa shape index (κ1) is 13.3. The minimum absolute atomic E-state index is 0.0211. The lowest BCUT2D eigenvalue weighted by Crippen LogP contribution is -2.24. The fourth-order valence-corrected chi connectivity index (χ4v) is 2.05. The molecule has 1 unspecified atom stereocenters. The molecule has 98 valence electrons. The Kier molecular flexibility index (Phi) is 4.35. The fraction of sp³-hybridized carbons (Fsp3) is 0.235. The van der Waals surface area contributed by atoms with Crippen molar-refractivity contribution in [1.82, 2.24) is 5.32 Å². The summed E-state index contributed by atoms with van der Waals surface area (Å²) in [6.07, 6.45) is 0. The maximum absolute atomic E-state index is 10.9. The van der Waals surface area contributed by atoms with Crippen LogP contribution in [0.2, 0.25) is 0 Å². The van der Waals surface area contributed by atoms with Crippen LogP contribution in [0, 0.1) is 0 Å². The van der Waals surface area contributed by atoms with Crippen LogP contribution < -0.4 is 5.32 Å². The summed E-state index contributed by atoms with van der Waals surface area (Å²) in [6.45, 7) is 4.35. The van der Waals surface area contributed by atoms with Crippen molar-refractivity contribution in [2.75, 3.05) is 6.54 Å². The van der Waals surface area contributed by atoms with E-state index in [2.05, 4.69) is 48.6 Å². The lowest BCUT2D eigenvalue weighted by molar-refractivity contribution is -0.119. The van der Waals surface area contributed by atoms with Crippen molar-refractivity contribution in [1.29, 1.82) is 0 Å². The molecule has 1 N–H and O–H groups in total. The van der Waals surface area contributed by atoms with Crippen LogP contribution in [0.25, 0.3) is 11.1 Å². The van der Waals surface area contributed by atoms with Crippen LogP contribution in [-0.2, 0) is 4.79 Å². The Morgan fingerprint density at radius 2 is 1.58 bits per heavy atom. The minimum atomic E-state index is 0.0211. The van der Waals surface area contributed by atoms with Gasteiger partial charge in [0.15, 0.2) is 0 Å². The summed E-state index contributed by atoms with van der Waals surface area (Å²) in [5.74, 6) is 0.349. The van der Waals surface area contributed by atoms with Crippen LogP contribution in [-0.4, -0.2) is 12.5 Å². The maximum Gasteiger partial charge on any atom is 0.216 e. The van der Waals surface area contributed by atoms with Gasteiger partial charge >= 0.3 is 0 Å². The van der Waals surface area contributed by atoms with Gasteiger partial charge in [0.1, 0.15) is 0 Å². The number of rotatable bonds is 4. The van der Waals surface area contributed by atoms with Crippen molar-refractivity contribution in [3.05, 3.63) is 60.2 Å². The van der Waals surface area contributed by atoms with Crippen LogP contribution in [0.5, 0.6) is 0 Å². The first-order valence-electron chi connectivity index (χ1n) is 6.56. The summed E-state index contributed by atoms with van der Waals surface area (Å²) < 4.78 is 0. The van der Waals surface area contributed by atoms with Crippen molar-refractivity contribution in [2.24, 2.45) is 0 Å². The highest BCUT2D eigenvalue weighted by Gasteiger charge is 2.06. The normalized spacial score (nSPS) is 11.9. The van der Waals surface area contributed by atoms with Crippen LogP contribution in [0.3, 0.4) is 0 Å². The summed E-state index contributed by atoms with van der Waals surface area (Å²) in [4.78, 5) is 10.9. The van der Waals surface area contributed by atoms with Gasteiger partial charge in [0.2, 0.25) is 5.91 Å². The number of hydrogen-bond donors (Lipinski definition) is 1. The van der Waals surface area contributed by atoms with Gasteiger partial charge < -0.3 is 5.32 Å². The summed E-state index contributed by atoms with van der Waals surface area (Å²) >= 11 is 0. The molecule has 0 spiro atoms. The second kappa shape index (κ2) is 6.19. The quantitative estimate of drug-likeness (QED) is 0.886. The van der Waals surface area contributed by atoms with Gasteiger partial charge in [-0.1, -0.05) is 61.5 Å². The number of benzene rings is 2.